The number of fused-ring (bicyclic) bond motifs is 1. The van der Waals surface area contributed by atoms with Gasteiger partial charge in [-0.15, -0.1) is 0 Å². The maximum absolute atomic E-state index is 11.2. The molecule has 1 radical (unpaired) electrons. The fourth-order valence-electron chi connectivity index (χ4n) is 2.16. The molecule has 1 aromatic rings. The van der Waals surface area contributed by atoms with Crippen molar-refractivity contribution in [2.75, 3.05) is 18.5 Å². The third-order valence-electron chi connectivity index (χ3n) is 2.74. The molecule has 13 heavy (non-hydrogen) atoms. The number of benzene rings is 1. The number of likely N-dealkylation sites (N-methyl/N-ethyl adjacent to an activating group) is 1. The standard InChI is InChI=1S/C11H14NO/c1-11(2)7-12(3)10-6-8(13)4-5-9(10)11/h4-6H,7H2,1-3H3. The van der Waals surface area contributed by atoms with Gasteiger partial charge in [0.15, 0.2) is 5.75 Å². The number of nitrogens with zero attached hydrogens (tertiary/aromatic N) is 1. The molecule has 0 spiro atoms. The van der Waals surface area contributed by atoms with Gasteiger partial charge in [0, 0.05) is 30.8 Å². The summed E-state index contributed by atoms with van der Waals surface area (Å²) in [5.41, 5.74) is 2.56. The third-order valence-corrected chi connectivity index (χ3v) is 2.74. The Morgan fingerprint density at radius 1 is 1.38 bits per heavy atom. The monoisotopic (exact) mass is 176 g/mol. The van der Waals surface area contributed by atoms with Gasteiger partial charge in [0.2, 0.25) is 0 Å². The molecule has 1 aliphatic heterocycles. The molecule has 0 saturated heterocycles. The number of anilines is 1. The second-order valence-electron chi connectivity index (χ2n) is 4.42. The smallest absolute Gasteiger partial charge is 0.180 e. The third kappa shape index (κ3) is 1.17. The fourth-order valence-corrected chi connectivity index (χ4v) is 2.16. The van der Waals surface area contributed by atoms with Crippen molar-refractivity contribution in [3.05, 3.63) is 23.8 Å². The average Bonchev–Trinajstić information content (AvgIpc) is 2.22. The Hall–Kier alpha value is -1.18. The maximum Gasteiger partial charge on any atom is 0.180 e. The molecule has 0 N–H and O–H groups in total. The molecule has 1 aromatic carbocycles. The lowest BCUT2D eigenvalue weighted by atomic mass is 9.87. The number of hydrogen-bond donors (Lipinski definition) is 0. The zero-order chi connectivity index (χ0) is 9.64. The Bertz CT molecular complexity index is 344. The summed E-state index contributed by atoms with van der Waals surface area (Å²) in [6.07, 6.45) is 0. The van der Waals surface area contributed by atoms with Crippen molar-refractivity contribution in [1.82, 2.24) is 0 Å². The van der Waals surface area contributed by atoms with Gasteiger partial charge in [-0.1, -0.05) is 19.9 Å². The van der Waals surface area contributed by atoms with E-state index in [0.717, 1.165) is 12.2 Å². The van der Waals surface area contributed by atoms with Gasteiger partial charge in [0.25, 0.3) is 0 Å². The quantitative estimate of drug-likeness (QED) is 0.595. The van der Waals surface area contributed by atoms with Crippen LogP contribution in [0.25, 0.3) is 0 Å². The van der Waals surface area contributed by atoms with Crippen LogP contribution in [0.1, 0.15) is 19.4 Å². The van der Waals surface area contributed by atoms with E-state index >= 15 is 0 Å². The number of hydrogen-bond acceptors (Lipinski definition) is 1. The fraction of sp³-hybridized carbons (Fsp3) is 0.455. The molecule has 0 amide bonds. The summed E-state index contributed by atoms with van der Waals surface area (Å²) in [4.78, 5) is 2.15. The van der Waals surface area contributed by atoms with E-state index in [9.17, 15) is 5.11 Å². The second kappa shape index (κ2) is 2.41. The average molecular weight is 176 g/mol. The van der Waals surface area contributed by atoms with Crippen LogP contribution in [0.2, 0.25) is 0 Å². The van der Waals surface area contributed by atoms with Crippen LogP contribution in [-0.4, -0.2) is 13.6 Å². The van der Waals surface area contributed by atoms with Crippen LogP contribution in [-0.2, 0) is 10.5 Å². The molecule has 2 heteroatoms. The summed E-state index contributed by atoms with van der Waals surface area (Å²) in [5.74, 6) is 0.100. The Balaban J connectivity index is 2.59. The molecule has 0 bridgehead atoms. The van der Waals surface area contributed by atoms with E-state index in [2.05, 4.69) is 18.7 Å². The first-order valence-corrected chi connectivity index (χ1v) is 4.53. The predicted octanol–water partition coefficient (Wildman–Crippen LogP) is 2.56. The van der Waals surface area contributed by atoms with Gasteiger partial charge in [-0.3, -0.25) is 5.11 Å². The SMILES string of the molecule is CN1CC(C)(C)c2ccc([O])cc21. The van der Waals surface area contributed by atoms with Gasteiger partial charge < -0.3 is 4.90 Å². The van der Waals surface area contributed by atoms with E-state index in [0.29, 0.717) is 0 Å². The van der Waals surface area contributed by atoms with Crippen LogP contribution >= 0.6 is 0 Å². The minimum atomic E-state index is 0.100. The molecule has 1 heterocycles. The summed E-state index contributed by atoms with van der Waals surface area (Å²) in [7, 11) is 2.03. The molecule has 2 nitrogen and oxygen atoms in total. The van der Waals surface area contributed by atoms with Crippen molar-refractivity contribution in [2.24, 2.45) is 0 Å². The Morgan fingerprint density at radius 2 is 2.08 bits per heavy atom. The van der Waals surface area contributed by atoms with E-state index in [-0.39, 0.29) is 11.2 Å². The van der Waals surface area contributed by atoms with Crippen LogP contribution in [0.3, 0.4) is 0 Å². The van der Waals surface area contributed by atoms with Crippen molar-refractivity contribution in [2.45, 2.75) is 19.3 Å². The van der Waals surface area contributed by atoms with Crippen molar-refractivity contribution in [3.63, 3.8) is 0 Å². The first kappa shape index (κ1) is 8.42. The normalized spacial score (nSPS) is 18.8. The van der Waals surface area contributed by atoms with Gasteiger partial charge in [-0.2, -0.15) is 0 Å². The van der Waals surface area contributed by atoms with Gasteiger partial charge >= 0.3 is 0 Å². The molecule has 0 fully saturated rings. The van der Waals surface area contributed by atoms with Crippen LogP contribution in [0, 0.1) is 0 Å². The molecule has 1 aliphatic rings. The zero-order valence-corrected chi connectivity index (χ0v) is 8.29. The molecule has 69 valence electrons. The molecule has 0 saturated carbocycles. The number of rotatable bonds is 0. The summed E-state index contributed by atoms with van der Waals surface area (Å²) in [6.45, 7) is 5.41. The lowest BCUT2D eigenvalue weighted by Gasteiger charge is -2.18. The van der Waals surface area contributed by atoms with E-state index in [1.165, 1.54) is 5.56 Å². The van der Waals surface area contributed by atoms with Crippen LogP contribution in [0.5, 0.6) is 5.75 Å². The van der Waals surface area contributed by atoms with Crippen molar-refractivity contribution >= 4 is 5.69 Å². The van der Waals surface area contributed by atoms with Gasteiger partial charge in [-0.25, -0.2) is 0 Å². The molecular formula is C11H14NO. The molecule has 0 atom stereocenters. The molecule has 2 rings (SSSR count). The largest absolute Gasteiger partial charge is 0.373 e. The van der Waals surface area contributed by atoms with Crippen molar-refractivity contribution in [1.29, 1.82) is 0 Å². The highest BCUT2D eigenvalue weighted by atomic mass is 16.3. The Labute approximate surface area is 78.8 Å². The van der Waals surface area contributed by atoms with Gasteiger partial charge in [0.05, 0.1) is 0 Å². The van der Waals surface area contributed by atoms with E-state index < -0.39 is 0 Å². The van der Waals surface area contributed by atoms with Crippen LogP contribution < -0.4 is 4.90 Å². The molecule has 0 unspecified atom stereocenters. The minimum Gasteiger partial charge on any atom is -0.373 e. The predicted molar refractivity (Wildman–Crippen MR) is 52.9 cm³/mol. The Morgan fingerprint density at radius 3 is 2.77 bits per heavy atom. The summed E-state index contributed by atoms with van der Waals surface area (Å²) >= 11 is 0. The minimum absolute atomic E-state index is 0.100. The van der Waals surface area contributed by atoms with E-state index in [1.54, 1.807) is 12.1 Å². The van der Waals surface area contributed by atoms with Gasteiger partial charge in [-0.05, 0) is 11.6 Å². The van der Waals surface area contributed by atoms with Gasteiger partial charge in [0.1, 0.15) is 0 Å². The second-order valence-corrected chi connectivity index (χ2v) is 4.42. The van der Waals surface area contributed by atoms with Crippen LogP contribution in [0.4, 0.5) is 5.69 Å². The summed E-state index contributed by atoms with van der Waals surface area (Å²) in [6, 6.07) is 5.34. The first-order chi connectivity index (χ1) is 6.00. The lowest BCUT2D eigenvalue weighted by molar-refractivity contribution is 0.355. The van der Waals surface area contributed by atoms with E-state index in [4.69, 9.17) is 0 Å². The topological polar surface area (TPSA) is 23.1 Å². The Kier molecular flexibility index (Phi) is 1.56. The lowest BCUT2D eigenvalue weighted by Crippen LogP contribution is -2.24. The molecule has 0 aromatic heterocycles. The highest BCUT2D eigenvalue weighted by Crippen LogP contribution is 2.40. The zero-order valence-electron chi connectivity index (χ0n) is 8.29. The van der Waals surface area contributed by atoms with Crippen molar-refractivity contribution < 1.29 is 5.11 Å². The summed E-state index contributed by atoms with van der Waals surface area (Å²) in [5, 5.41) is 11.2. The van der Waals surface area contributed by atoms with Crippen LogP contribution in [0.15, 0.2) is 18.2 Å². The van der Waals surface area contributed by atoms with E-state index in [1.807, 2.05) is 13.1 Å². The molecule has 0 aliphatic carbocycles. The summed E-state index contributed by atoms with van der Waals surface area (Å²) < 4.78 is 0. The first-order valence-electron chi connectivity index (χ1n) is 4.53. The highest BCUT2D eigenvalue weighted by Gasteiger charge is 2.33. The highest BCUT2D eigenvalue weighted by molar-refractivity contribution is 5.63. The maximum atomic E-state index is 11.2. The molecular weight excluding hydrogens is 162 g/mol. The van der Waals surface area contributed by atoms with Crippen molar-refractivity contribution in [3.8, 4) is 5.75 Å².